The van der Waals surface area contributed by atoms with E-state index in [2.05, 4.69) is 59.0 Å². The first-order valence-corrected chi connectivity index (χ1v) is 13.0. The molecule has 1 saturated carbocycles. The predicted octanol–water partition coefficient (Wildman–Crippen LogP) is 5.57. The second-order valence-corrected chi connectivity index (χ2v) is 9.55. The molecule has 0 unspecified atom stereocenters. The van der Waals surface area contributed by atoms with E-state index in [0.717, 1.165) is 21.1 Å². The molecule has 3 aromatic rings. The molecule has 2 aliphatic rings. The van der Waals surface area contributed by atoms with Crippen molar-refractivity contribution >= 4 is 22.6 Å². The van der Waals surface area contributed by atoms with E-state index >= 15 is 0 Å². The van der Waals surface area contributed by atoms with Crippen molar-refractivity contribution in [3.63, 3.8) is 0 Å². The summed E-state index contributed by atoms with van der Waals surface area (Å²) in [6.45, 7) is 1.60. The van der Waals surface area contributed by atoms with Gasteiger partial charge < -0.3 is 18.9 Å². The van der Waals surface area contributed by atoms with Gasteiger partial charge in [-0.25, -0.2) is 0 Å². The summed E-state index contributed by atoms with van der Waals surface area (Å²) in [5.74, 6) is 0.275. The van der Waals surface area contributed by atoms with Gasteiger partial charge in [-0.3, -0.25) is 0 Å². The third-order valence-corrected chi connectivity index (χ3v) is 7.43. The van der Waals surface area contributed by atoms with Crippen LogP contribution in [0, 0.1) is 5.92 Å². The molecule has 0 N–H and O–H groups in total. The van der Waals surface area contributed by atoms with Crippen LogP contribution in [0.15, 0.2) is 91.0 Å². The summed E-state index contributed by atoms with van der Waals surface area (Å²) in [6, 6.07) is 30.9. The van der Waals surface area contributed by atoms with Crippen LogP contribution >= 0.6 is 22.6 Å². The molecule has 0 spiro atoms. The molecule has 0 amide bonds. The highest BCUT2D eigenvalue weighted by Gasteiger charge is 2.62. The molecule has 1 aliphatic heterocycles. The van der Waals surface area contributed by atoms with Crippen molar-refractivity contribution in [3.05, 3.63) is 108 Å². The first-order valence-electron chi connectivity index (χ1n) is 11.5. The van der Waals surface area contributed by atoms with Crippen molar-refractivity contribution in [1.29, 1.82) is 0 Å². The Balaban J connectivity index is 1.35. The zero-order valence-electron chi connectivity index (χ0n) is 18.5. The van der Waals surface area contributed by atoms with Gasteiger partial charge in [-0.15, -0.1) is 0 Å². The van der Waals surface area contributed by atoms with E-state index < -0.39 is 0 Å². The molecule has 1 aliphatic carbocycles. The summed E-state index contributed by atoms with van der Waals surface area (Å²) < 4.78 is 26.7. The number of epoxide rings is 1. The summed E-state index contributed by atoms with van der Waals surface area (Å²) in [5.41, 5.74) is 3.45. The maximum atomic E-state index is 6.57. The molecule has 1 heterocycles. The van der Waals surface area contributed by atoms with Crippen LogP contribution in [-0.2, 0) is 38.8 Å². The van der Waals surface area contributed by atoms with Crippen LogP contribution in [0.5, 0.6) is 0 Å². The summed E-state index contributed by atoms with van der Waals surface area (Å²) in [5, 5.41) is 0. The van der Waals surface area contributed by atoms with Crippen LogP contribution in [0.2, 0.25) is 0 Å². The van der Waals surface area contributed by atoms with Crippen molar-refractivity contribution in [2.45, 2.75) is 50.3 Å². The lowest BCUT2D eigenvalue weighted by Gasteiger charge is -2.39. The molecule has 1 saturated heterocycles. The molecule has 33 heavy (non-hydrogen) atoms. The van der Waals surface area contributed by atoms with Crippen LogP contribution in [-0.4, -0.2) is 34.9 Å². The summed E-state index contributed by atoms with van der Waals surface area (Å²) in [4.78, 5) is 0. The Morgan fingerprint density at radius 3 is 1.42 bits per heavy atom. The highest BCUT2D eigenvalue weighted by atomic mass is 127. The molecule has 0 aromatic heterocycles. The van der Waals surface area contributed by atoms with E-state index in [-0.39, 0.29) is 36.4 Å². The second kappa shape index (κ2) is 11.1. The fourth-order valence-electron chi connectivity index (χ4n) is 4.62. The SMILES string of the molecule is IC[C@@H]1[C@@H](OCc2ccccc2)[C@H](OCc2ccccc2)[C@@H](OCc2ccccc2)[C@@H]2O[C@H]12. The lowest BCUT2D eigenvalue weighted by atomic mass is 9.83. The molecule has 2 fully saturated rings. The monoisotopic (exact) mass is 556 g/mol. The minimum Gasteiger partial charge on any atom is -0.370 e. The lowest BCUT2D eigenvalue weighted by Crippen LogP contribution is -2.55. The first-order chi connectivity index (χ1) is 16.3. The molecule has 5 heteroatoms. The number of ether oxygens (including phenoxy) is 4. The first kappa shape index (κ1) is 23.0. The minimum absolute atomic E-state index is 0.0610. The molecule has 0 radical (unpaired) electrons. The van der Waals surface area contributed by atoms with Gasteiger partial charge in [0, 0.05) is 10.3 Å². The normalized spacial score (nSPS) is 28.3. The van der Waals surface area contributed by atoms with Crippen LogP contribution in [0.1, 0.15) is 16.7 Å². The van der Waals surface area contributed by atoms with E-state index in [1.54, 1.807) is 0 Å². The fraction of sp³-hybridized carbons (Fsp3) is 0.357. The highest BCUT2D eigenvalue weighted by Crippen LogP contribution is 2.46. The average molecular weight is 556 g/mol. The molecule has 172 valence electrons. The molecule has 5 rings (SSSR count). The van der Waals surface area contributed by atoms with Gasteiger partial charge in [0.15, 0.2) is 0 Å². The number of benzene rings is 3. The average Bonchev–Trinajstić information content (AvgIpc) is 3.67. The second-order valence-electron chi connectivity index (χ2n) is 8.67. The number of hydrogen-bond acceptors (Lipinski definition) is 4. The number of fused-ring (bicyclic) bond motifs is 1. The topological polar surface area (TPSA) is 40.2 Å². The minimum atomic E-state index is -0.207. The summed E-state index contributed by atoms with van der Waals surface area (Å²) in [6.07, 6.45) is -0.249. The van der Waals surface area contributed by atoms with Gasteiger partial charge in [0.05, 0.1) is 32.0 Å². The van der Waals surface area contributed by atoms with E-state index in [0.29, 0.717) is 19.8 Å². The molecular formula is C28H29IO4. The van der Waals surface area contributed by atoms with Gasteiger partial charge in [-0.2, -0.15) is 0 Å². The van der Waals surface area contributed by atoms with E-state index in [1.165, 1.54) is 0 Å². The largest absolute Gasteiger partial charge is 0.370 e. The summed E-state index contributed by atoms with van der Waals surface area (Å²) in [7, 11) is 0. The fourth-order valence-corrected chi connectivity index (χ4v) is 5.63. The van der Waals surface area contributed by atoms with Crippen LogP contribution in [0.3, 0.4) is 0 Å². The third kappa shape index (κ3) is 5.66. The van der Waals surface area contributed by atoms with E-state index in [1.807, 2.05) is 54.6 Å². The van der Waals surface area contributed by atoms with Crippen molar-refractivity contribution in [2.75, 3.05) is 4.43 Å². The van der Waals surface area contributed by atoms with Gasteiger partial charge in [-0.1, -0.05) is 114 Å². The number of rotatable bonds is 10. The van der Waals surface area contributed by atoms with Gasteiger partial charge in [0.1, 0.15) is 18.3 Å². The Hall–Kier alpha value is -1.77. The van der Waals surface area contributed by atoms with Crippen LogP contribution in [0.25, 0.3) is 0 Å². The van der Waals surface area contributed by atoms with Gasteiger partial charge >= 0.3 is 0 Å². The zero-order chi connectivity index (χ0) is 22.5. The molecule has 0 bridgehead atoms. The summed E-state index contributed by atoms with van der Waals surface area (Å²) >= 11 is 2.45. The van der Waals surface area contributed by atoms with Crippen molar-refractivity contribution in [3.8, 4) is 0 Å². The van der Waals surface area contributed by atoms with E-state index in [9.17, 15) is 0 Å². The lowest BCUT2D eigenvalue weighted by molar-refractivity contribution is -0.176. The van der Waals surface area contributed by atoms with Crippen molar-refractivity contribution in [2.24, 2.45) is 5.92 Å². The number of hydrogen-bond donors (Lipinski definition) is 0. The standard InChI is InChI=1S/C28H29IO4/c29-16-23-24(30-17-20-10-4-1-5-11-20)26(31-18-21-12-6-2-7-13-21)27(28-25(23)33-28)32-19-22-14-8-3-9-15-22/h1-15,23-28H,16-19H2/t23-,24-,25-,26+,27-,28-/m1/s1. The Morgan fingerprint density at radius 2 is 0.970 bits per heavy atom. The molecule has 3 aromatic carbocycles. The number of alkyl halides is 1. The Labute approximate surface area is 209 Å². The predicted molar refractivity (Wildman–Crippen MR) is 136 cm³/mol. The number of halogens is 1. The quantitative estimate of drug-likeness (QED) is 0.186. The molecular weight excluding hydrogens is 527 g/mol. The highest BCUT2D eigenvalue weighted by molar-refractivity contribution is 14.1. The Kier molecular flexibility index (Phi) is 7.74. The maximum Gasteiger partial charge on any atom is 0.115 e. The zero-order valence-corrected chi connectivity index (χ0v) is 20.6. The van der Waals surface area contributed by atoms with Crippen molar-refractivity contribution in [1.82, 2.24) is 0 Å². The van der Waals surface area contributed by atoms with Crippen molar-refractivity contribution < 1.29 is 18.9 Å². The molecule has 6 atom stereocenters. The smallest absolute Gasteiger partial charge is 0.115 e. The van der Waals surface area contributed by atoms with Gasteiger partial charge in [0.25, 0.3) is 0 Å². The Bertz CT molecular complexity index is 985. The molecule has 4 nitrogen and oxygen atoms in total. The van der Waals surface area contributed by atoms with Gasteiger partial charge in [0.2, 0.25) is 0 Å². The third-order valence-electron chi connectivity index (χ3n) is 6.41. The van der Waals surface area contributed by atoms with Crippen LogP contribution < -0.4 is 0 Å². The van der Waals surface area contributed by atoms with E-state index in [4.69, 9.17) is 18.9 Å². The van der Waals surface area contributed by atoms with Gasteiger partial charge in [-0.05, 0) is 16.7 Å². The van der Waals surface area contributed by atoms with Crippen LogP contribution in [0.4, 0.5) is 0 Å². The maximum absolute atomic E-state index is 6.57. The Morgan fingerprint density at radius 1 is 0.545 bits per heavy atom.